The van der Waals surface area contributed by atoms with Gasteiger partial charge in [-0.15, -0.1) is 0 Å². The van der Waals surface area contributed by atoms with Gasteiger partial charge in [0.25, 0.3) is 0 Å². The lowest BCUT2D eigenvalue weighted by Gasteiger charge is -2.23. The molecule has 0 atom stereocenters. The molecule has 0 bridgehead atoms. The van der Waals surface area contributed by atoms with Crippen molar-refractivity contribution in [2.24, 2.45) is 5.11 Å². The van der Waals surface area contributed by atoms with E-state index in [2.05, 4.69) is 63.5 Å². The Labute approximate surface area is 163 Å². The Morgan fingerprint density at radius 2 is 1.36 bits per heavy atom. The zero-order chi connectivity index (χ0) is 19.3. The Balaban J connectivity index is 1.60. The van der Waals surface area contributed by atoms with Gasteiger partial charge in [0.1, 0.15) is 0 Å². The number of aromatic nitrogens is 1. The number of aromatic hydroxyl groups is 1. The first-order chi connectivity index (χ1) is 13.7. The molecule has 0 aliphatic carbocycles. The summed E-state index contributed by atoms with van der Waals surface area (Å²) in [7, 11) is 0. The van der Waals surface area contributed by atoms with Crippen LogP contribution in [0.3, 0.4) is 0 Å². The van der Waals surface area contributed by atoms with E-state index >= 15 is 0 Å². The molecule has 3 aromatic carbocycles. The van der Waals surface area contributed by atoms with Crippen molar-refractivity contribution in [2.45, 2.75) is 19.6 Å². The maximum Gasteiger partial charge on any atom is 0.218 e. The van der Waals surface area contributed by atoms with Crippen LogP contribution in [0.25, 0.3) is 10.9 Å². The molecule has 1 heterocycles. The summed E-state index contributed by atoms with van der Waals surface area (Å²) in [6, 6.07) is 26.9. The highest BCUT2D eigenvalue weighted by atomic mass is 16.3. The fourth-order valence-electron chi connectivity index (χ4n) is 3.54. The SMILES string of the molecule is N=Nc1c(O)[nH]c2cc(CN(Cc3ccccc3)Cc3ccccc3)ccc12. The van der Waals surface area contributed by atoms with Crippen molar-refractivity contribution in [1.29, 1.82) is 5.53 Å². The summed E-state index contributed by atoms with van der Waals surface area (Å²) in [6.07, 6.45) is 0. The number of aromatic amines is 1. The van der Waals surface area contributed by atoms with Gasteiger partial charge in [-0.25, -0.2) is 5.53 Å². The molecule has 140 valence electrons. The Hall–Kier alpha value is -3.44. The molecule has 4 aromatic rings. The third-order valence-electron chi connectivity index (χ3n) is 4.83. The lowest BCUT2D eigenvalue weighted by Crippen LogP contribution is -2.22. The quantitative estimate of drug-likeness (QED) is 0.363. The topological polar surface area (TPSA) is 75.5 Å². The van der Waals surface area contributed by atoms with Crippen LogP contribution >= 0.6 is 0 Å². The first kappa shape index (κ1) is 17.9. The van der Waals surface area contributed by atoms with Gasteiger partial charge in [-0.05, 0) is 22.8 Å². The third kappa shape index (κ3) is 3.94. The molecule has 0 spiro atoms. The number of nitrogens with one attached hydrogen (secondary N) is 2. The first-order valence-electron chi connectivity index (χ1n) is 9.24. The average Bonchev–Trinajstić information content (AvgIpc) is 3.03. The number of H-pyrrole nitrogens is 1. The van der Waals surface area contributed by atoms with Crippen LogP contribution in [-0.2, 0) is 19.6 Å². The highest BCUT2D eigenvalue weighted by Crippen LogP contribution is 2.35. The van der Waals surface area contributed by atoms with Crippen LogP contribution in [0.15, 0.2) is 84.0 Å². The normalized spacial score (nSPS) is 11.2. The maximum atomic E-state index is 9.92. The van der Waals surface area contributed by atoms with E-state index in [1.54, 1.807) is 0 Å². The summed E-state index contributed by atoms with van der Waals surface area (Å²) >= 11 is 0. The summed E-state index contributed by atoms with van der Waals surface area (Å²) < 4.78 is 0. The molecule has 4 rings (SSSR count). The lowest BCUT2D eigenvalue weighted by atomic mass is 10.1. The van der Waals surface area contributed by atoms with Crippen LogP contribution < -0.4 is 0 Å². The van der Waals surface area contributed by atoms with Crippen LogP contribution in [0, 0.1) is 5.53 Å². The fraction of sp³-hybridized carbons (Fsp3) is 0.130. The minimum atomic E-state index is -0.0624. The molecule has 5 nitrogen and oxygen atoms in total. The van der Waals surface area contributed by atoms with E-state index in [0.29, 0.717) is 0 Å². The number of hydrogen-bond acceptors (Lipinski definition) is 4. The van der Waals surface area contributed by atoms with Crippen LogP contribution in [0.2, 0.25) is 0 Å². The van der Waals surface area contributed by atoms with E-state index in [1.165, 1.54) is 11.1 Å². The summed E-state index contributed by atoms with van der Waals surface area (Å²) in [5.74, 6) is -0.0624. The van der Waals surface area contributed by atoms with Gasteiger partial charge in [-0.1, -0.05) is 72.8 Å². The van der Waals surface area contributed by atoms with Gasteiger partial charge in [0.15, 0.2) is 5.69 Å². The smallest absolute Gasteiger partial charge is 0.218 e. The van der Waals surface area contributed by atoms with Crippen molar-refractivity contribution in [1.82, 2.24) is 9.88 Å². The Morgan fingerprint density at radius 1 is 0.786 bits per heavy atom. The van der Waals surface area contributed by atoms with Gasteiger partial charge in [-0.2, -0.15) is 5.11 Å². The van der Waals surface area contributed by atoms with E-state index in [4.69, 9.17) is 5.53 Å². The molecular formula is C23H22N4O. The second kappa shape index (κ2) is 8.06. The van der Waals surface area contributed by atoms with Gasteiger partial charge < -0.3 is 10.1 Å². The zero-order valence-corrected chi connectivity index (χ0v) is 15.5. The summed E-state index contributed by atoms with van der Waals surface area (Å²) in [4.78, 5) is 5.31. The largest absolute Gasteiger partial charge is 0.493 e. The highest BCUT2D eigenvalue weighted by Gasteiger charge is 2.13. The summed E-state index contributed by atoms with van der Waals surface area (Å²) in [5.41, 5.74) is 12.0. The van der Waals surface area contributed by atoms with Crippen LogP contribution in [0.5, 0.6) is 5.88 Å². The van der Waals surface area contributed by atoms with Gasteiger partial charge in [0, 0.05) is 25.0 Å². The van der Waals surface area contributed by atoms with Crippen molar-refractivity contribution in [3.8, 4) is 5.88 Å². The molecule has 0 saturated carbocycles. The van der Waals surface area contributed by atoms with Gasteiger partial charge >= 0.3 is 0 Å². The molecule has 0 aliphatic heterocycles. The molecular weight excluding hydrogens is 348 g/mol. The summed E-state index contributed by atoms with van der Waals surface area (Å²) in [6.45, 7) is 2.46. The summed E-state index contributed by atoms with van der Waals surface area (Å²) in [5, 5.41) is 14.1. The van der Waals surface area contributed by atoms with E-state index in [9.17, 15) is 5.11 Å². The van der Waals surface area contributed by atoms with Crippen molar-refractivity contribution < 1.29 is 5.11 Å². The van der Waals surface area contributed by atoms with E-state index in [-0.39, 0.29) is 11.6 Å². The maximum absolute atomic E-state index is 9.92. The Morgan fingerprint density at radius 3 is 1.93 bits per heavy atom. The van der Waals surface area contributed by atoms with Crippen molar-refractivity contribution in [2.75, 3.05) is 0 Å². The minimum Gasteiger partial charge on any atom is -0.493 e. The molecule has 0 radical (unpaired) electrons. The molecule has 5 heteroatoms. The van der Waals surface area contributed by atoms with Crippen molar-refractivity contribution in [3.05, 3.63) is 95.6 Å². The number of hydrogen-bond donors (Lipinski definition) is 3. The number of fused-ring (bicyclic) bond motifs is 1. The highest BCUT2D eigenvalue weighted by molar-refractivity contribution is 5.94. The van der Waals surface area contributed by atoms with Crippen LogP contribution in [-0.4, -0.2) is 15.0 Å². The molecule has 0 saturated heterocycles. The van der Waals surface area contributed by atoms with E-state index in [0.717, 1.165) is 36.1 Å². The molecule has 1 aromatic heterocycles. The number of rotatable bonds is 7. The second-order valence-corrected chi connectivity index (χ2v) is 6.93. The van der Waals surface area contributed by atoms with E-state index in [1.807, 2.05) is 30.3 Å². The number of benzene rings is 3. The Bertz CT molecular complexity index is 1030. The Kier molecular flexibility index (Phi) is 5.17. The standard InChI is InChI=1S/C23H22N4O/c24-26-22-20-12-11-19(13-21(20)25-23(22)28)16-27(14-17-7-3-1-4-8-17)15-18-9-5-2-6-10-18/h1-13,24-25,28H,14-16H2. The predicted octanol–water partition coefficient (Wildman–Crippen LogP) is 5.74. The van der Waals surface area contributed by atoms with Crippen LogP contribution in [0.4, 0.5) is 5.69 Å². The van der Waals surface area contributed by atoms with E-state index < -0.39 is 0 Å². The molecule has 0 unspecified atom stereocenters. The minimum absolute atomic E-state index is 0.0624. The van der Waals surface area contributed by atoms with Crippen molar-refractivity contribution >= 4 is 16.6 Å². The van der Waals surface area contributed by atoms with Crippen molar-refractivity contribution in [3.63, 3.8) is 0 Å². The zero-order valence-electron chi connectivity index (χ0n) is 15.5. The second-order valence-electron chi connectivity index (χ2n) is 6.93. The molecule has 3 N–H and O–H groups in total. The van der Waals surface area contributed by atoms with Crippen LogP contribution in [0.1, 0.15) is 16.7 Å². The monoisotopic (exact) mass is 370 g/mol. The lowest BCUT2D eigenvalue weighted by molar-refractivity contribution is 0.248. The third-order valence-corrected chi connectivity index (χ3v) is 4.83. The fourth-order valence-corrected chi connectivity index (χ4v) is 3.54. The molecule has 0 fully saturated rings. The molecule has 28 heavy (non-hydrogen) atoms. The molecule has 0 aliphatic rings. The van der Waals surface area contributed by atoms with Gasteiger partial charge in [0.05, 0.1) is 5.52 Å². The first-order valence-corrected chi connectivity index (χ1v) is 9.24. The molecule has 0 amide bonds. The van der Waals surface area contributed by atoms with Gasteiger partial charge in [0.2, 0.25) is 5.88 Å². The predicted molar refractivity (Wildman–Crippen MR) is 111 cm³/mol. The average molecular weight is 370 g/mol. The van der Waals surface area contributed by atoms with Gasteiger partial charge in [-0.3, -0.25) is 4.90 Å². The number of nitrogens with zero attached hydrogens (tertiary/aromatic N) is 2.